The fourth-order valence-electron chi connectivity index (χ4n) is 2.76. The van der Waals surface area contributed by atoms with Crippen LogP contribution in [0.15, 0.2) is 24.4 Å². The molecule has 9 heteroatoms. The van der Waals surface area contributed by atoms with Crippen LogP contribution in [0.2, 0.25) is 0 Å². The lowest BCUT2D eigenvalue weighted by molar-refractivity contribution is -0.129. The van der Waals surface area contributed by atoms with E-state index < -0.39 is 0 Å². The largest absolute Gasteiger partial charge is 0.497 e. The van der Waals surface area contributed by atoms with Gasteiger partial charge in [-0.3, -0.25) is 4.79 Å². The summed E-state index contributed by atoms with van der Waals surface area (Å²) in [5, 5.41) is 11.4. The molecule has 0 aliphatic carbocycles. The summed E-state index contributed by atoms with van der Waals surface area (Å²) in [4.78, 5) is 19.8. The van der Waals surface area contributed by atoms with Gasteiger partial charge in [0.1, 0.15) is 11.5 Å². The Labute approximate surface area is 151 Å². The molecule has 1 N–H and O–H groups in total. The lowest BCUT2D eigenvalue weighted by Gasteiger charge is -2.33. The Balaban J connectivity index is 1.75. The van der Waals surface area contributed by atoms with E-state index in [-0.39, 0.29) is 5.91 Å². The monoisotopic (exact) mass is 358 g/mol. The van der Waals surface area contributed by atoms with E-state index in [0.29, 0.717) is 49.4 Å². The molecule has 0 bridgehead atoms. The number of aromatic nitrogens is 3. The van der Waals surface area contributed by atoms with Gasteiger partial charge in [-0.15, -0.1) is 5.10 Å². The van der Waals surface area contributed by atoms with Crippen molar-refractivity contribution in [1.29, 1.82) is 0 Å². The summed E-state index contributed by atoms with van der Waals surface area (Å²) >= 11 is 0. The second kappa shape index (κ2) is 7.85. The molecule has 2 aromatic rings. The zero-order chi connectivity index (χ0) is 18.5. The van der Waals surface area contributed by atoms with Crippen LogP contribution >= 0.6 is 0 Å². The summed E-state index contributed by atoms with van der Waals surface area (Å²) in [6.45, 7) is 4.24. The quantitative estimate of drug-likeness (QED) is 0.855. The fraction of sp³-hybridized carbons (Fsp3) is 0.412. The zero-order valence-corrected chi connectivity index (χ0v) is 15.1. The van der Waals surface area contributed by atoms with Crippen molar-refractivity contribution in [1.82, 2.24) is 20.1 Å². The van der Waals surface area contributed by atoms with Gasteiger partial charge in [0.25, 0.3) is 0 Å². The molecule has 1 aromatic carbocycles. The highest BCUT2D eigenvalue weighted by Gasteiger charge is 2.21. The van der Waals surface area contributed by atoms with Crippen LogP contribution < -0.4 is 19.7 Å². The van der Waals surface area contributed by atoms with Gasteiger partial charge in [-0.2, -0.15) is 10.1 Å². The molecule has 1 aliphatic heterocycles. The predicted octanol–water partition coefficient (Wildman–Crippen LogP) is 1.30. The van der Waals surface area contributed by atoms with E-state index in [0.717, 1.165) is 5.69 Å². The first-order valence-corrected chi connectivity index (χ1v) is 8.30. The Kier molecular flexibility index (Phi) is 5.35. The summed E-state index contributed by atoms with van der Waals surface area (Å²) in [6.07, 6.45) is 1.55. The van der Waals surface area contributed by atoms with E-state index in [1.165, 1.54) is 0 Å². The number of hydrogen-bond acceptors (Lipinski definition) is 8. The molecule has 138 valence electrons. The van der Waals surface area contributed by atoms with Gasteiger partial charge in [-0.1, -0.05) is 0 Å². The third-order valence-electron chi connectivity index (χ3n) is 4.22. The molecule has 1 aromatic heterocycles. The lowest BCUT2D eigenvalue weighted by atomic mass is 10.2. The minimum absolute atomic E-state index is 0.0873. The molecule has 3 rings (SSSR count). The van der Waals surface area contributed by atoms with Crippen molar-refractivity contribution < 1.29 is 14.3 Å². The topological polar surface area (TPSA) is 92.7 Å². The molecule has 1 aliphatic rings. The van der Waals surface area contributed by atoms with Crippen molar-refractivity contribution in [2.24, 2.45) is 0 Å². The summed E-state index contributed by atoms with van der Waals surface area (Å²) in [7, 11) is 3.21. The molecule has 26 heavy (non-hydrogen) atoms. The molecule has 2 heterocycles. The zero-order valence-electron chi connectivity index (χ0n) is 15.1. The molecular weight excluding hydrogens is 336 g/mol. The summed E-state index contributed by atoms with van der Waals surface area (Å²) in [6, 6.07) is 5.46. The molecule has 0 spiro atoms. The Morgan fingerprint density at radius 2 is 1.92 bits per heavy atom. The molecule has 0 radical (unpaired) electrons. The summed E-state index contributed by atoms with van der Waals surface area (Å²) < 4.78 is 10.6. The van der Waals surface area contributed by atoms with Crippen molar-refractivity contribution in [2.45, 2.75) is 6.92 Å². The fourth-order valence-corrected chi connectivity index (χ4v) is 2.76. The van der Waals surface area contributed by atoms with Gasteiger partial charge >= 0.3 is 0 Å². The number of amides is 1. The standard InChI is InChI=1S/C17H22N6O3/c1-12(24)22-6-8-23(9-7-22)17-20-16(11-18-21-17)19-14-10-13(25-2)4-5-15(14)26-3/h4-5,10-11H,6-9H2,1-3H3,(H,19,20,21). The average molecular weight is 358 g/mol. The molecule has 0 saturated carbocycles. The SMILES string of the molecule is COc1ccc(OC)c(Nc2cnnc(N3CCN(C(C)=O)CC3)n2)c1. The van der Waals surface area contributed by atoms with Gasteiger partial charge in [0.15, 0.2) is 5.82 Å². The van der Waals surface area contributed by atoms with Gasteiger partial charge in [0.2, 0.25) is 11.9 Å². The van der Waals surface area contributed by atoms with Crippen molar-refractivity contribution in [3.8, 4) is 11.5 Å². The third-order valence-corrected chi connectivity index (χ3v) is 4.22. The first-order valence-electron chi connectivity index (χ1n) is 8.30. The highest BCUT2D eigenvalue weighted by molar-refractivity contribution is 5.73. The Hall–Kier alpha value is -3.10. The lowest BCUT2D eigenvalue weighted by Crippen LogP contribution is -2.48. The van der Waals surface area contributed by atoms with Crippen LogP contribution in [-0.2, 0) is 4.79 Å². The Bertz CT molecular complexity index is 777. The van der Waals surface area contributed by atoms with Crippen LogP contribution in [0.5, 0.6) is 11.5 Å². The van der Waals surface area contributed by atoms with Crippen molar-refractivity contribution in [3.63, 3.8) is 0 Å². The maximum atomic E-state index is 11.4. The molecule has 1 saturated heterocycles. The van der Waals surface area contributed by atoms with E-state index in [2.05, 4.69) is 20.5 Å². The van der Waals surface area contributed by atoms with E-state index in [1.807, 2.05) is 28.0 Å². The smallest absolute Gasteiger partial charge is 0.247 e. The number of carbonyl (C=O) groups excluding carboxylic acids is 1. The predicted molar refractivity (Wildman–Crippen MR) is 97.1 cm³/mol. The number of nitrogens with one attached hydrogen (secondary N) is 1. The van der Waals surface area contributed by atoms with Crippen LogP contribution in [-0.4, -0.2) is 66.4 Å². The maximum Gasteiger partial charge on any atom is 0.247 e. The second-order valence-electron chi connectivity index (χ2n) is 5.83. The number of piperazine rings is 1. The van der Waals surface area contributed by atoms with Crippen molar-refractivity contribution >= 4 is 23.4 Å². The molecule has 0 atom stereocenters. The van der Waals surface area contributed by atoms with Crippen molar-refractivity contribution in [3.05, 3.63) is 24.4 Å². The van der Waals surface area contributed by atoms with Crippen LogP contribution in [0.3, 0.4) is 0 Å². The number of hydrogen-bond donors (Lipinski definition) is 1. The van der Waals surface area contributed by atoms with Crippen LogP contribution in [0.4, 0.5) is 17.5 Å². The third kappa shape index (κ3) is 3.93. The number of carbonyl (C=O) groups is 1. The molecule has 1 amide bonds. The highest BCUT2D eigenvalue weighted by Crippen LogP contribution is 2.31. The van der Waals surface area contributed by atoms with Gasteiger partial charge in [0, 0.05) is 39.2 Å². The Morgan fingerprint density at radius 3 is 2.58 bits per heavy atom. The normalized spacial score (nSPS) is 14.1. The summed E-state index contributed by atoms with van der Waals surface area (Å²) in [5.74, 6) is 2.54. The van der Waals surface area contributed by atoms with Gasteiger partial charge in [0.05, 0.1) is 26.1 Å². The molecule has 0 unspecified atom stereocenters. The number of anilines is 3. The minimum Gasteiger partial charge on any atom is -0.497 e. The average Bonchev–Trinajstić information content (AvgIpc) is 2.68. The first-order chi connectivity index (χ1) is 12.6. The number of rotatable bonds is 5. The van der Waals surface area contributed by atoms with Gasteiger partial charge in [-0.05, 0) is 12.1 Å². The number of benzene rings is 1. The second-order valence-corrected chi connectivity index (χ2v) is 5.83. The van der Waals surface area contributed by atoms with Crippen LogP contribution in [0.25, 0.3) is 0 Å². The first kappa shape index (κ1) is 17.7. The van der Waals surface area contributed by atoms with Crippen LogP contribution in [0, 0.1) is 0 Å². The van der Waals surface area contributed by atoms with E-state index >= 15 is 0 Å². The van der Waals surface area contributed by atoms with Crippen LogP contribution in [0.1, 0.15) is 6.92 Å². The molecule has 9 nitrogen and oxygen atoms in total. The number of nitrogens with zero attached hydrogens (tertiary/aromatic N) is 5. The molecular formula is C17H22N6O3. The van der Waals surface area contributed by atoms with Gasteiger partial charge < -0.3 is 24.6 Å². The van der Waals surface area contributed by atoms with E-state index in [4.69, 9.17) is 9.47 Å². The maximum absolute atomic E-state index is 11.4. The minimum atomic E-state index is 0.0873. The Morgan fingerprint density at radius 1 is 1.15 bits per heavy atom. The summed E-state index contributed by atoms with van der Waals surface area (Å²) in [5.41, 5.74) is 0.722. The number of ether oxygens (including phenoxy) is 2. The molecule has 1 fully saturated rings. The van der Waals surface area contributed by atoms with E-state index in [9.17, 15) is 4.79 Å². The highest BCUT2D eigenvalue weighted by atomic mass is 16.5. The van der Waals surface area contributed by atoms with Crippen molar-refractivity contribution in [2.75, 3.05) is 50.6 Å². The number of methoxy groups -OCH3 is 2. The van der Waals surface area contributed by atoms with E-state index in [1.54, 1.807) is 27.3 Å². The van der Waals surface area contributed by atoms with Gasteiger partial charge in [-0.25, -0.2) is 0 Å².